The fourth-order valence-electron chi connectivity index (χ4n) is 3.32. The molecule has 1 rings (SSSR count). The van der Waals surface area contributed by atoms with Crippen LogP contribution in [0.25, 0.3) is 0 Å². The number of carbonyl (C=O) groups excluding carboxylic acids is 1. The predicted molar refractivity (Wildman–Crippen MR) is 141 cm³/mol. The van der Waals surface area contributed by atoms with Crippen LogP contribution in [-0.2, 0) is 11.2 Å². The van der Waals surface area contributed by atoms with E-state index in [1.165, 1.54) is 0 Å². The number of hydrogen-bond donors (Lipinski definition) is 4. The van der Waals surface area contributed by atoms with E-state index in [9.17, 15) is 9.90 Å². The number of unbranched alkanes of at least 4 members (excludes halogenated alkanes) is 2. The number of rotatable bonds is 15. The highest BCUT2D eigenvalue weighted by Gasteiger charge is 2.24. The summed E-state index contributed by atoms with van der Waals surface area (Å²) >= 11 is 0. The second kappa shape index (κ2) is 19.2. The molecule has 0 aliphatic rings. The van der Waals surface area contributed by atoms with E-state index >= 15 is 0 Å². The average Bonchev–Trinajstić information content (AvgIpc) is 2.75. The normalized spacial score (nSPS) is 14.7. The standard InChI is InChI=1S/C25H43N3O2.2ClH/c1-5-8-10-12-23(19(4)7-3)28-24(17-20-13-15-22(29)16-14-20)25(30)27-18-21(26)11-9-6-2;;/h10,12-16,19,21,23-24,28-29H,5-9,11,17-18,26H2,1-4H3,(H,27,30);2*1H/b12-10-;;/t19-,21-,23+,24-;;/m0../s1. The molecule has 4 atom stereocenters. The van der Waals surface area contributed by atoms with Gasteiger partial charge in [-0.2, -0.15) is 0 Å². The van der Waals surface area contributed by atoms with Gasteiger partial charge in [-0.1, -0.05) is 77.7 Å². The Bertz CT molecular complexity index is 626. The molecule has 7 heteroatoms. The zero-order valence-electron chi connectivity index (χ0n) is 20.2. The molecule has 5 nitrogen and oxygen atoms in total. The highest BCUT2D eigenvalue weighted by atomic mass is 35.5. The van der Waals surface area contributed by atoms with E-state index in [0.717, 1.165) is 44.1 Å². The maximum atomic E-state index is 13.1. The molecule has 1 amide bonds. The van der Waals surface area contributed by atoms with Crippen LogP contribution in [0.3, 0.4) is 0 Å². The first kappa shape index (κ1) is 32.9. The highest BCUT2D eigenvalue weighted by molar-refractivity contribution is 5.85. The predicted octanol–water partition coefficient (Wildman–Crippen LogP) is 5.14. The third-order valence-electron chi connectivity index (χ3n) is 5.61. The van der Waals surface area contributed by atoms with Crippen LogP contribution in [0.1, 0.15) is 71.8 Å². The zero-order valence-corrected chi connectivity index (χ0v) is 21.8. The van der Waals surface area contributed by atoms with Crippen LogP contribution in [0.15, 0.2) is 36.4 Å². The molecule has 1 aromatic carbocycles. The van der Waals surface area contributed by atoms with Crippen LogP contribution >= 0.6 is 24.8 Å². The molecule has 0 saturated carbocycles. The number of nitrogens with two attached hydrogens (primary N) is 1. The van der Waals surface area contributed by atoms with Gasteiger partial charge in [0.25, 0.3) is 0 Å². The highest BCUT2D eigenvalue weighted by Crippen LogP contribution is 2.15. The summed E-state index contributed by atoms with van der Waals surface area (Å²) in [6, 6.07) is 6.82. The summed E-state index contributed by atoms with van der Waals surface area (Å²) in [6.45, 7) is 9.19. The summed E-state index contributed by atoms with van der Waals surface area (Å²) in [4.78, 5) is 13.1. The van der Waals surface area contributed by atoms with E-state index in [4.69, 9.17) is 5.73 Å². The van der Waals surface area contributed by atoms with Crippen molar-refractivity contribution in [3.8, 4) is 5.75 Å². The Labute approximate surface area is 207 Å². The second-order valence-electron chi connectivity index (χ2n) is 8.37. The number of benzene rings is 1. The second-order valence-corrected chi connectivity index (χ2v) is 8.37. The van der Waals surface area contributed by atoms with Crippen molar-refractivity contribution < 1.29 is 9.90 Å². The number of nitrogens with one attached hydrogen (secondary N) is 2. The molecule has 5 N–H and O–H groups in total. The molecule has 0 aliphatic carbocycles. The molecule has 0 radical (unpaired) electrons. The molecule has 0 heterocycles. The molecule has 1 aromatic rings. The smallest absolute Gasteiger partial charge is 0.237 e. The number of carbonyl (C=O) groups is 1. The minimum absolute atomic E-state index is 0. The number of halogens is 2. The molecular formula is C25H45Cl2N3O2. The van der Waals surface area contributed by atoms with E-state index in [1.54, 1.807) is 12.1 Å². The number of hydrogen-bond acceptors (Lipinski definition) is 4. The minimum atomic E-state index is -0.363. The van der Waals surface area contributed by atoms with Gasteiger partial charge in [-0.3, -0.25) is 10.1 Å². The summed E-state index contributed by atoms with van der Waals surface area (Å²) in [5.41, 5.74) is 7.17. The van der Waals surface area contributed by atoms with Crippen LogP contribution in [0.2, 0.25) is 0 Å². The molecular weight excluding hydrogens is 445 g/mol. The molecule has 0 unspecified atom stereocenters. The molecule has 0 aromatic heterocycles. The van der Waals surface area contributed by atoms with Gasteiger partial charge in [0.15, 0.2) is 0 Å². The first-order valence-electron chi connectivity index (χ1n) is 11.6. The summed E-state index contributed by atoms with van der Waals surface area (Å²) in [7, 11) is 0. The van der Waals surface area contributed by atoms with Gasteiger partial charge in [-0.25, -0.2) is 0 Å². The number of aromatic hydroxyl groups is 1. The quantitative estimate of drug-likeness (QED) is 0.256. The monoisotopic (exact) mass is 489 g/mol. The van der Waals surface area contributed by atoms with Gasteiger partial charge in [0, 0.05) is 18.6 Å². The number of allylic oxidation sites excluding steroid dienone is 1. The topological polar surface area (TPSA) is 87.4 Å². The minimum Gasteiger partial charge on any atom is -0.508 e. The Hall–Kier alpha value is -1.27. The Morgan fingerprint density at radius 3 is 2.34 bits per heavy atom. The number of phenolic OH excluding ortho intramolecular Hbond substituents is 1. The third-order valence-corrected chi connectivity index (χ3v) is 5.61. The van der Waals surface area contributed by atoms with E-state index in [-0.39, 0.29) is 54.6 Å². The summed E-state index contributed by atoms with van der Waals surface area (Å²) in [5, 5.41) is 16.2. The fourth-order valence-corrected chi connectivity index (χ4v) is 3.32. The fraction of sp³-hybridized carbons (Fsp3) is 0.640. The third kappa shape index (κ3) is 13.3. The van der Waals surface area contributed by atoms with Gasteiger partial charge < -0.3 is 16.2 Å². The number of amides is 1. The van der Waals surface area contributed by atoms with Crippen molar-refractivity contribution in [1.29, 1.82) is 0 Å². The first-order valence-corrected chi connectivity index (χ1v) is 11.6. The molecule has 186 valence electrons. The van der Waals surface area contributed by atoms with Crippen molar-refractivity contribution in [2.75, 3.05) is 6.54 Å². The van der Waals surface area contributed by atoms with Crippen molar-refractivity contribution in [2.45, 2.75) is 90.8 Å². The van der Waals surface area contributed by atoms with E-state index in [0.29, 0.717) is 18.9 Å². The van der Waals surface area contributed by atoms with Crippen molar-refractivity contribution in [1.82, 2.24) is 10.6 Å². The van der Waals surface area contributed by atoms with Gasteiger partial charge >= 0.3 is 0 Å². The molecule has 0 aliphatic heterocycles. The Kier molecular flexibility index (Phi) is 19.8. The molecule has 32 heavy (non-hydrogen) atoms. The molecule has 0 fully saturated rings. The van der Waals surface area contributed by atoms with Gasteiger partial charge in [0.2, 0.25) is 5.91 Å². The molecule has 0 saturated heterocycles. The van der Waals surface area contributed by atoms with Crippen LogP contribution < -0.4 is 16.4 Å². The van der Waals surface area contributed by atoms with Gasteiger partial charge in [0.05, 0.1) is 6.04 Å². The lowest BCUT2D eigenvalue weighted by Crippen LogP contribution is -2.52. The summed E-state index contributed by atoms with van der Waals surface area (Å²) in [5.74, 6) is 0.627. The summed E-state index contributed by atoms with van der Waals surface area (Å²) < 4.78 is 0. The van der Waals surface area contributed by atoms with Crippen LogP contribution in [0, 0.1) is 5.92 Å². The van der Waals surface area contributed by atoms with Crippen molar-refractivity contribution >= 4 is 30.7 Å². The van der Waals surface area contributed by atoms with Crippen LogP contribution in [-0.4, -0.2) is 35.7 Å². The largest absolute Gasteiger partial charge is 0.508 e. The zero-order chi connectivity index (χ0) is 22.4. The molecule has 0 bridgehead atoms. The SMILES string of the molecule is CCC/C=C\[C@@H](N[C@@H](Cc1ccc(O)cc1)C(=O)NC[C@@H](N)CCCC)[C@@H](C)CC.Cl.Cl. The van der Waals surface area contributed by atoms with Gasteiger partial charge in [-0.15, -0.1) is 24.8 Å². The molecule has 0 spiro atoms. The lowest BCUT2D eigenvalue weighted by atomic mass is 9.95. The maximum absolute atomic E-state index is 13.1. The van der Waals surface area contributed by atoms with Crippen LogP contribution in [0.5, 0.6) is 5.75 Å². The van der Waals surface area contributed by atoms with Crippen molar-refractivity contribution in [3.63, 3.8) is 0 Å². The Morgan fingerprint density at radius 1 is 1.12 bits per heavy atom. The lowest BCUT2D eigenvalue weighted by Gasteiger charge is -2.28. The Morgan fingerprint density at radius 2 is 1.78 bits per heavy atom. The van der Waals surface area contributed by atoms with Crippen molar-refractivity contribution in [2.24, 2.45) is 11.7 Å². The van der Waals surface area contributed by atoms with E-state index in [1.807, 2.05) is 12.1 Å². The van der Waals surface area contributed by atoms with Gasteiger partial charge in [-0.05, 0) is 42.9 Å². The van der Waals surface area contributed by atoms with Crippen molar-refractivity contribution in [3.05, 3.63) is 42.0 Å². The lowest BCUT2D eigenvalue weighted by molar-refractivity contribution is -0.123. The maximum Gasteiger partial charge on any atom is 0.237 e. The summed E-state index contributed by atoms with van der Waals surface area (Å²) in [6.07, 6.45) is 11.3. The van der Waals surface area contributed by atoms with E-state index in [2.05, 4.69) is 50.5 Å². The van der Waals surface area contributed by atoms with Crippen LogP contribution in [0.4, 0.5) is 0 Å². The van der Waals surface area contributed by atoms with E-state index < -0.39 is 0 Å². The number of phenols is 1. The van der Waals surface area contributed by atoms with Gasteiger partial charge in [0.1, 0.15) is 5.75 Å². The average molecular weight is 491 g/mol. The Balaban J connectivity index is 0. The first-order chi connectivity index (χ1) is 14.4.